The predicted molar refractivity (Wildman–Crippen MR) is 133 cm³/mol. The lowest BCUT2D eigenvalue weighted by atomic mass is 9.86. The summed E-state index contributed by atoms with van der Waals surface area (Å²) in [6, 6.07) is 1.52. The van der Waals surface area contributed by atoms with Crippen LogP contribution in [-0.2, 0) is 27.2 Å². The van der Waals surface area contributed by atoms with Crippen LogP contribution in [0.4, 0.5) is 0 Å². The van der Waals surface area contributed by atoms with Gasteiger partial charge in [0.15, 0.2) is 0 Å². The maximum atomic E-state index is 13.3. The molecule has 0 radical (unpaired) electrons. The van der Waals surface area contributed by atoms with Crippen molar-refractivity contribution in [3.8, 4) is 5.75 Å². The second-order valence-electron chi connectivity index (χ2n) is 9.52. The van der Waals surface area contributed by atoms with Crippen LogP contribution in [0, 0.1) is 19.8 Å². The highest BCUT2D eigenvalue weighted by molar-refractivity contribution is 7.90. The van der Waals surface area contributed by atoms with E-state index in [0.29, 0.717) is 18.2 Å². The minimum absolute atomic E-state index is 0.174. The van der Waals surface area contributed by atoms with E-state index in [1.54, 1.807) is 18.4 Å². The average Bonchev–Trinajstić information content (AvgIpc) is 2.77. The van der Waals surface area contributed by atoms with Gasteiger partial charge in [0, 0.05) is 13.0 Å². The molecule has 0 spiro atoms. The summed E-state index contributed by atoms with van der Waals surface area (Å²) in [5, 5.41) is 9.79. The van der Waals surface area contributed by atoms with Crippen LogP contribution in [0.15, 0.2) is 12.1 Å². The van der Waals surface area contributed by atoms with E-state index >= 15 is 0 Å². The first-order chi connectivity index (χ1) is 15.6. The average molecular weight is 480 g/mol. The molecule has 2 amide bonds. The molecule has 1 fully saturated rings. The predicted octanol–water partition coefficient (Wildman–Crippen LogP) is 2.69. The molecular weight excluding hydrogens is 438 g/mol. The molecule has 0 saturated heterocycles. The molecule has 1 saturated carbocycles. The summed E-state index contributed by atoms with van der Waals surface area (Å²) in [7, 11) is 0. The van der Waals surface area contributed by atoms with Crippen molar-refractivity contribution in [1.29, 1.82) is 0 Å². The molecule has 3 atom stereocenters. The Morgan fingerprint density at radius 3 is 2.27 bits per heavy atom. The van der Waals surface area contributed by atoms with Gasteiger partial charge in [-0.1, -0.05) is 43.3 Å². The molecule has 1 aromatic carbocycles. The van der Waals surface area contributed by atoms with Crippen LogP contribution in [0.2, 0.25) is 0 Å². The van der Waals surface area contributed by atoms with Gasteiger partial charge in [0.1, 0.15) is 11.5 Å². The van der Waals surface area contributed by atoms with Crippen molar-refractivity contribution in [2.24, 2.45) is 17.4 Å². The SMILES string of the molecule is Cc1cc(O)cc(C)c1C[C@H](N)C(=O)N(CCCC1CCCCC1)C(=O)C(N)CC[S+](C)[O-]. The number of phenols is 1. The zero-order valence-electron chi connectivity index (χ0n) is 20.3. The van der Waals surface area contributed by atoms with E-state index < -0.39 is 35.1 Å². The third-order valence-corrected chi connectivity index (χ3v) is 7.52. The maximum absolute atomic E-state index is 13.3. The summed E-state index contributed by atoms with van der Waals surface area (Å²) in [5.41, 5.74) is 15.0. The standard InChI is InChI=1S/C25H41N3O4S/c1-17-14-20(29)15-18(2)21(17)16-23(27)25(31)28(24(30)22(26)11-13-33(3)32)12-7-10-19-8-5-4-6-9-19/h14-15,19,22-23,29H,4-13,16,26-27H2,1-3H3/t22?,23-,33?/m0/s1. The molecule has 0 heterocycles. The van der Waals surface area contributed by atoms with Crippen molar-refractivity contribution >= 4 is 23.0 Å². The molecule has 186 valence electrons. The third kappa shape index (κ3) is 8.59. The largest absolute Gasteiger partial charge is 0.617 e. The van der Waals surface area contributed by atoms with Gasteiger partial charge in [-0.05, 0) is 67.9 Å². The molecule has 7 nitrogen and oxygen atoms in total. The van der Waals surface area contributed by atoms with Crippen molar-refractivity contribution in [1.82, 2.24) is 4.90 Å². The van der Waals surface area contributed by atoms with E-state index in [1.165, 1.54) is 37.0 Å². The molecular formula is C25H41N3O4S. The molecule has 0 bridgehead atoms. The Bertz CT molecular complexity index is 773. The zero-order chi connectivity index (χ0) is 24.5. The molecule has 2 unspecified atom stereocenters. The third-order valence-electron chi connectivity index (χ3n) is 6.71. The van der Waals surface area contributed by atoms with Crippen LogP contribution in [0.1, 0.15) is 68.1 Å². The highest BCUT2D eigenvalue weighted by atomic mass is 32.2. The highest BCUT2D eigenvalue weighted by Crippen LogP contribution is 2.27. The van der Waals surface area contributed by atoms with Gasteiger partial charge in [-0.3, -0.25) is 14.5 Å². The quantitative estimate of drug-likeness (QED) is 0.418. The number of hydrogen-bond acceptors (Lipinski definition) is 6. The number of carbonyl (C=O) groups is 2. The molecule has 0 aliphatic heterocycles. The first-order valence-corrected chi connectivity index (χ1v) is 13.8. The van der Waals surface area contributed by atoms with E-state index in [1.807, 2.05) is 13.8 Å². The lowest BCUT2D eigenvalue weighted by Crippen LogP contribution is -2.53. The van der Waals surface area contributed by atoms with Crippen LogP contribution in [0.5, 0.6) is 5.75 Å². The van der Waals surface area contributed by atoms with Gasteiger partial charge in [-0.25, -0.2) is 0 Å². The number of hydrogen-bond donors (Lipinski definition) is 3. The van der Waals surface area contributed by atoms with Crippen LogP contribution in [-0.4, -0.2) is 57.0 Å². The number of nitrogens with zero attached hydrogens (tertiary/aromatic N) is 1. The molecule has 1 aromatic rings. The summed E-state index contributed by atoms with van der Waals surface area (Å²) in [5.74, 6) is 0.271. The van der Waals surface area contributed by atoms with E-state index in [9.17, 15) is 19.2 Å². The van der Waals surface area contributed by atoms with Crippen molar-refractivity contribution in [2.75, 3.05) is 18.6 Å². The number of phenolic OH excluding ortho intramolecular Hbond substituents is 1. The van der Waals surface area contributed by atoms with Crippen molar-refractivity contribution in [3.05, 3.63) is 28.8 Å². The fourth-order valence-electron chi connectivity index (χ4n) is 4.76. The number of aryl methyl sites for hydroxylation is 2. The van der Waals surface area contributed by atoms with Crippen molar-refractivity contribution in [3.63, 3.8) is 0 Å². The van der Waals surface area contributed by atoms with Gasteiger partial charge in [0.2, 0.25) is 11.8 Å². The van der Waals surface area contributed by atoms with Crippen LogP contribution >= 0.6 is 0 Å². The topological polar surface area (TPSA) is 133 Å². The number of aromatic hydroxyl groups is 1. The number of benzene rings is 1. The Kier molecular flexibility index (Phi) is 11.2. The smallest absolute Gasteiger partial charge is 0.246 e. The van der Waals surface area contributed by atoms with Crippen molar-refractivity contribution < 1.29 is 19.2 Å². The Hall–Kier alpha value is -1.61. The number of imide groups is 1. The molecule has 5 N–H and O–H groups in total. The van der Waals surface area contributed by atoms with Gasteiger partial charge in [0.25, 0.3) is 0 Å². The Labute approximate surface area is 201 Å². The Balaban J connectivity index is 2.10. The van der Waals surface area contributed by atoms with E-state index in [4.69, 9.17) is 11.5 Å². The van der Waals surface area contributed by atoms with E-state index in [0.717, 1.165) is 29.5 Å². The lowest BCUT2D eigenvalue weighted by Gasteiger charge is -2.28. The second-order valence-corrected chi connectivity index (χ2v) is 11.1. The van der Waals surface area contributed by atoms with Crippen molar-refractivity contribution in [2.45, 2.75) is 83.7 Å². The molecule has 1 aliphatic rings. The fourth-order valence-corrected chi connectivity index (χ4v) is 5.35. The summed E-state index contributed by atoms with van der Waals surface area (Å²) >= 11 is -1.06. The molecule has 33 heavy (non-hydrogen) atoms. The Morgan fingerprint density at radius 1 is 1.12 bits per heavy atom. The number of nitrogens with two attached hydrogens (primary N) is 2. The highest BCUT2D eigenvalue weighted by Gasteiger charge is 2.31. The van der Waals surface area contributed by atoms with Gasteiger partial charge < -0.3 is 21.1 Å². The normalized spacial score (nSPS) is 17.4. The number of amides is 2. The zero-order valence-corrected chi connectivity index (χ0v) is 21.2. The van der Waals surface area contributed by atoms with Crippen LogP contribution < -0.4 is 11.5 Å². The van der Waals surface area contributed by atoms with Gasteiger partial charge in [-0.15, -0.1) is 0 Å². The molecule has 8 heteroatoms. The number of carbonyl (C=O) groups excluding carboxylic acids is 2. The van der Waals surface area contributed by atoms with E-state index in [-0.39, 0.29) is 18.6 Å². The minimum atomic E-state index is -1.06. The Morgan fingerprint density at radius 2 is 1.70 bits per heavy atom. The minimum Gasteiger partial charge on any atom is -0.617 e. The molecule has 1 aliphatic carbocycles. The first kappa shape index (κ1) is 27.6. The summed E-state index contributed by atoms with van der Waals surface area (Å²) in [6.45, 7) is 4.04. The molecule has 2 rings (SSSR count). The second kappa shape index (κ2) is 13.3. The summed E-state index contributed by atoms with van der Waals surface area (Å²) in [6.07, 6.45) is 10.0. The van der Waals surface area contributed by atoms with E-state index in [2.05, 4.69) is 0 Å². The van der Waals surface area contributed by atoms with Gasteiger partial charge >= 0.3 is 0 Å². The maximum Gasteiger partial charge on any atom is 0.246 e. The monoisotopic (exact) mass is 479 g/mol. The van der Waals surface area contributed by atoms with Crippen LogP contribution in [0.3, 0.4) is 0 Å². The number of rotatable bonds is 11. The van der Waals surface area contributed by atoms with Gasteiger partial charge in [0.05, 0.1) is 18.3 Å². The van der Waals surface area contributed by atoms with Crippen LogP contribution in [0.25, 0.3) is 0 Å². The summed E-state index contributed by atoms with van der Waals surface area (Å²) in [4.78, 5) is 27.7. The first-order valence-electron chi connectivity index (χ1n) is 12.1. The summed E-state index contributed by atoms with van der Waals surface area (Å²) < 4.78 is 11.4. The fraction of sp³-hybridized carbons (Fsp3) is 0.680. The van der Waals surface area contributed by atoms with Gasteiger partial charge in [-0.2, -0.15) is 0 Å². The lowest BCUT2D eigenvalue weighted by molar-refractivity contribution is -0.146. The molecule has 0 aromatic heterocycles.